The van der Waals surface area contributed by atoms with E-state index in [9.17, 15) is 14.7 Å². The normalized spacial score (nSPS) is 25.4. The molecule has 1 N–H and O–H groups in total. The molecule has 5 nitrogen and oxygen atoms in total. The second-order valence-corrected chi connectivity index (χ2v) is 10.6. The van der Waals surface area contributed by atoms with E-state index in [1.54, 1.807) is 6.92 Å². The maximum atomic E-state index is 14.0. The van der Waals surface area contributed by atoms with Crippen LogP contribution in [-0.4, -0.2) is 35.7 Å². The molecule has 2 aliphatic carbocycles. The number of anilines is 1. The second-order valence-electron chi connectivity index (χ2n) is 9.54. The highest BCUT2D eigenvalue weighted by molar-refractivity contribution is 7.18. The van der Waals surface area contributed by atoms with Crippen molar-refractivity contribution in [2.45, 2.75) is 77.4 Å². The molecule has 0 aliphatic heterocycles. The van der Waals surface area contributed by atoms with Gasteiger partial charge in [0.15, 0.2) is 0 Å². The zero-order chi connectivity index (χ0) is 23.4. The van der Waals surface area contributed by atoms with Gasteiger partial charge in [-0.15, -0.1) is 11.3 Å². The molecule has 178 valence electrons. The summed E-state index contributed by atoms with van der Waals surface area (Å²) in [5.74, 6) is 0.410. The van der Waals surface area contributed by atoms with Crippen LogP contribution >= 0.6 is 11.3 Å². The zero-order valence-corrected chi connectivity index (χ0v) is 20.5. The minimum Gasteiger partial charge on any atom is -0.462 e. The molecule has 1 amide bonds. The summed E-state index contributed by atoms with van der Waals surface area (Å²) in [6, 6.07) is 12.0. The Bertz CT molecular complexity index is 940. The van der Waals surface area contributed by atoms with E-state index in [2.05, 4.69) is 6.92 Å². The van der Waals surface area contributed by atoms with Crippen molar-refractivity contribution in [2.75, 3.05) is 11.5 Å². The Hall–Kier alpha value is -2.18. The number of benzene rings is 1. The molecule has 1 aromatic carbocycles. The molecule has 6 heteroatoms. The number of rotatable bonds is 6. The molecule has 4 rings (SSSR count). The Kier molecular flexibility index (Phi) is 7.86. The minimum atomic E-state index is -0.370. The SMILES string of the molecule is CCOC(=O)c1sc(-c2ccccc2)cc1N(C(=O)C1CCC(C)CC1)C1CCC(O)CC1. The summed E-state index contributed by atoms with van der Waals surface area (Å²) in [5.41, 5.74) is 1.71. The lowest BCUT2D eigenvalue weighted by Gasteiger charge is -2.39. The highest BCUT2D eigenvalue weighted by Gasteiger charge is 2.37. The fraction of sp³-hybridized carbons (Fsp3) is 0.556. The maximum absolute atomic E-state index is 14.0. The molecule has 0 bridgehead atoms. The van der Waals surface area contributed by atoms with Gasteiger partial charge in [-0.05, 0) is 75.8 Å². The van der Waals surface area contributed by atoms with Crippen molar-refractivity contribution in [2.24, 2.45) is 11.8 Å². The van der Waals surface area contributed by atoms with Gasteiger partial charge in [-0.2, -0.15) is 0 Å². The lowest BCUT2D eigenvalue weighted by Crippen LogP contribution is -2.47. The summed E-state index contributed by atoms with van der Waals surface area (Å²) in [5, 5.41) is 10.1. The summed E-state index contributed by atoms with van der Waals surface area (Å²) >= 11 is 1.40. The molecule has 33 heavy (non-hydrogen) atoms. The summed E-state index contributed by atoms with van der Waals surface area (Å²) in [6.45, 7) is 4.35. The van der Waals surface area contributed by atoms with Crippen LogP contribution in [0.5, 0.6) is 0 Å². The van der Waals surface area contributed by atoms with Crippen LogP contribution in [0.25, 0.3) is 10.4 Å². The van der Waals surface area contributed by atoms with E-state index < -0.39 is 0 Å². The number of hydrogen-bond donors (Lipinski definition) is 1. The Morgan fingerprint density at radius 2 is 1.70 bits per heavy atom. The lowest BCUT2D eigenvalue weighted by molar-refractivity contribution is -0.124. The molecular weight excluding hydrogens is 434 g/mol. The van der Waals surface area contributed by atoms with Gasteiger partial charge in [0, 0.05) is 16.8 Å². The molecule has 1 aromatic heterocycles. The smallest absolute Gasteiger partial charge is 0.350 e. The van der Waals surface area contributed by atoms with Crippen molar-refractivity contribution in [1.82, 2.24) is 0 Å². The molecule has 0 saturated heterocycles. The first kappa shape index (κ1) is 24.0. The molecule has 2 aromatic rings. The first-order valence-corrected chi connectivity index (χ1v) is 13.2. The van der Waals surface area contributed by atoms with Crippen molar-refractivity contribution in [3.63, 3.8) is 0 Å². The van der Waals surface area contributed by atoms with Crippen molar-refractivity contribution in [3.05, 3.63) is 41.3 Å². The van der Waals surface area contributed by atoms with Crippen molar-refractivity contribution in [1.29, 1.82) is 0 Å². The average Bonchev–Trinajstić information content (AvgIpc) is 3.27. The number of nitrogens with zero attached hydrogens (tertiary/aromatic N) is 1. The van der Waals surface area contributed by atoms with E-state index in [1.165, 1.54) is 11.3 Å². The lowest BCUT2D eigenvalue weighted by atomic mass is 9.81. The fourth-order valence-corrected chi connectivity index (χ4v) is 6.21. The van der Waals surface area contributed by atoms with Gasteiger partial charge in [0.25, 0.3) is 0 Å². The van der Waals surface area contributed by atoms with Crippen LogP contribution in [0, 0.1) is 11.8 Å². The third-order valence-electron chi connectivity index (χ3n) is 7.13. The van der Waals surface area contributed by atoms with Crippen molar-refractivity contribution < 1.29 is 19.4 Å². The van der Waals surface area contributed by atoms with E-state index in [-0.39, 0.29) is 29.9 Å². The maximum Gasteiger partial charge on any atom is 0.350 e. The van der Waals surface area contributed by atoms with Crippen LogP contribution < -0.4 is 4.90 Å². The van der Waals surface area contributed by atoms with Crippen LogP contribution in [0.15, 0.2) is 36.4 Å². The van der Waals surface area contributed by atoms with Crippen LogP contribution in [0.2, 0.25) is 0 Å². The van der Waals surface area contributed by atoms with Crippen LogP contribution in [0.1, 0.15) is 74.9 Å². The summed E-state index contributed by atoms with van der Waals surface area (Å²) in [4.78, 5) is 30.4. The highest BCUT2D eigenvalue weighted by atomic mass is 32.1. The molecular formula is C27H35NO4S. The molecule has 2 aliphatic rings. The van der Waals surface area contributed by atoms with Gasteiger partial charge in [0.2, 0.25) is 5.91 Å². The zero-order valence-electron chi connectivity index (χ0n) is 19.7. The summed E-state index contributed by atoms with van der Waals surface area (Å²) in [6.07, 6.45) is 6.48. The number of aliphatic hydroxyl groups excluding tert-OH is 1. The number of amides is 1. The quantitative estimate of drug-likeness (QED) is 0.523. The van der Waals surface area contributed by atoms with E-state index in [4.69, 9.17) is 4.74 Å². The monoisotopic (exact) mass is 469 g/mol. The number of hydrogen-bond acceptors (Lipinski definition) is 5. The van der Waals surface area contributed by atoms with Crippen molar-refractivity contribution in [3.8, 4) is 10.4 Å². The second kappa shape index (κ2) is 10.8. The first-order chi connectivity index (χ1) is 16.0. The number of carbonyl (C=O) groups excluding carboxylic acids is 2. The summed E-state index contributed by atoms with van der Waals surface area (Å²) < 4.78 is 5.41. The molecule has 0 atom stereocenters. The van der Waals surface area contributed by atoms with Gasteiger partial charge >= 0.3 is 5.97 Å². The molecule has 0 radical (unpaired) electrons. The predicted octanol–water partition coefficient (Wildman–Crippen LogP) is 6.05. The van der Waals surface area contributed by atoms with Gasteiger partial charge in [0.05, 0.1) is 18.4 Å². The van der Waals surface area contributed by atoms with Gasteiger partial charge in [-0.25, -0.2) is 4.79 Å². The molecule has 2 fully saturated rings. The molecule has 0 unspecified atom stereocenters. The van der Waals surface area contributed by atoms with Gasteiger partial charge < -0.3 is 14.7 Å². The number of carbonyl (C=O) groups is 2. The van der Waals surface area contributed by atoms with Gasteiger partial charge in [0.1, 0.15) is 4.88 Å². The topological polar surface area (TPSA) is 66.8 Å². The molecule has 1 heterocycles. The van der Waals surface area contributed by atoms with Crippen LogP contribution in [0.3, 0.4) is 0 Å². The van der Waals surface area contributed by atoms with Gasteiger partial charge in [-0.3, -0.25) is 4.79 Å². The Balaban J connectivity index is 1.75. The fourth-order valence-electron chi connectivity index (χ4n) is 5.16. The van der Waals surface area contributed by atoms with E-state index in [1.807, 2.05) is 41.3 Å². The van der Waals surface area contributed by atoms with Gasteiger partial charge in [-0.1, -0.05) is 37.3 Å². The third-order valence-corrected chi connectivity index (χ3v) is 8.28. The molecule has 0 spiro atoms. The largest absolute Gasteiger partial charge is 0.462 e. The highest BCUT2D eigenvalue weighted by Crippen LogP contribution is 2.42. The molecule has 2 saturated carbocycles. The van der Waals surface area contributed by atoms with Crippen LogP contribution in [-0.2, 0) is 9.53 Å². The standard InChI is InChI=1S/C27H35NO4S/c1-3-32-27(31)25-23(17-24(33-25)19-7-5-4-6-8-19)28(21-13-15-22(29)16-14-21)26(30)20-11-9-18(2)10-12-20/h4-8,17-18,20-22,29H,3,9-16H2,1-2H3. The minimum absolute atomic E-state index is 0.00773. The van der Waals surface area contributed by atoms with Crippen LogP contribution in [0.4, 0.5) is 5.69 Å². The Labute approximate surface area is 200 Å². The van der Waals surface area contributed by atoms with Crippen molar-refractivity contribution >= 4 is 28.9 Å². The van der Waals surface area contributed by atoms with E-state index in [0.29, 0.717) is 35.9 Å². The Morgan fingerprint density at radius 1 is 1.03 bits per heavy atom. The number of ether oxygens (including phenoxy) is 1. The average molecular weight is 470 g/mol. The summed E-state index contributed by atoms with van der Waals surface area (Å²) in [7, 11) is 0. The number of esters is 1. The van der Waals surface area contributed by atoms with E-state index in [0.717, 1.165) is 49.0 Å². The van der Waals surface area contributed by atoms with E-state index >= 15 is 0 Å². The number of thiophene rings is 1. The first-order valence-electron chi connectivity index (χ1n) is 12.4. The Morgan fingerprint density at radius 3 is 2.33 bits per heavy atom. The predicted molar refractivity (Wildman–Crippen MR) is 133 cm³/mol. The number of aliphatic hydroxyl groups is 1. The third kappa shape index (κ3) is 5.49.